The van der Waals surface area contributed by atoms with Crippen molar-refractivity contribution in [1.29, 1.82) is 0 Å². The van der Waals surface area contributed by atoms with Gasteiger partial charge in [-0.15, -0.1) is 0 Å². The van der Waals surface area contributed by atoms with E-state index in [4.69, 9.17) is 10.8 Å². The summed E-state index contributed by atoms with van der Waals surface area (Å²) in [4.78, 5) is 56.3. The summed E-state index contributed by atoms with van der Waals surface area (Å²) in [5, 5.41) is 26.1. The molecule has 0 saturated carbocycles. The summed E-state index contributed by atoms with van der Waals surface area (Å²) in [7, 11) is 0. The lowest BCUT2D eigenvalue weighted by Gasteiger charge is -2.25. The predicted molar refractivity (Wildman–Crippen MR) is 123 cm³/mol. The minimum Gasteiger partial charge on any atom is -0.480 e. The highest BCUT2D eigenvalue weighted by Crippen LogP contribution is 2.08. The van der Waals surface area contributed by atoms with E-state index in [2.05, 4.69) is 25.9 Å². The van der Waals surface area contributed by atoms with Gasteiger partial charge in [0.05, 0.1) is 12.9 Å². The van der Waals surface area contributed by atoms with Crippen LogP contribution in [0.1, 0.15) is 32.4 Å². The summed E-state index contributed by atoms with van der Waals surface area (Å²) >= 11 is 1.47. The van der Waals surface area contributed by atoms with Crippen LogP contribution in [0, 0.1) is 5.92 Å². The number of carbonyl (C=O) groups excluding carboxylic acids is 3. The molecular weight excluding hydrogens is 452 g/mol. The molecule has 0 saturated heterocycles. The Morgan fingerprint density at radius 1 is 1.09 bits per heavy atom. The van der Waals surface area contributed by atoms with Gasteiger partial charge < -0.3 is 36.9 Å². The maximum absolute atomic E-state index is 13.0. The van der Waals surface area contributed by atoms with Gasteiger partial charge in [-0.05, 0) is 30.8 Å². The fourth-order valence-corrected chi connectivity index (χ4v) is 3.40. The first-order chi connectivity index (χ1) is 15.6. The van der Waals surface area contributed by atoms with Crippen LogP contribution in [0.15, 0.2) is 12.5 Å². The number of nitrogens with one attached hydrogen (secondary N) is 4. The maximum atomic E-state index is 13.0. The summed E-state index contributed by atoms with van der Waals surface area (Å²) in [5.41, 5.74) is 6.08. The molecule has 0 fully saturated rings. The highest BCUT2D eigenvalue weighted by atomic mass is 32.2. The summed E-state index contributed by atoms with van der Waals surface area (Å²) in [6.45, 7) is 3.09. The molecule has 8 N–H and O–H groups in total. The SMILES string of the molecule is CSCCC(NC(=O)C(N)CO)C(=O)NC(Cc1cnc[nH]1)C(=O)NC(CC(C)C)C(=O)O. The van der Waals surface area contributed by atoms with Crippen LogP contribution in [0.4, 0.5) is 0 Å². The zero-order chi connectivity index (χ0) is 25.0. The van der Waals surface area contributed by atoms with Crippen LogP contribution in [-0.4, -0.2) is 86.7 Å². The Hall–Kier alpha value is -2.64. The smallest absolute Gasteiger partial charge is 0.326 e. The number of amides is 3. The molecule has 1 aromatic rings. The third-order valence-corrected chi connectivity index (χ3v) is 5.35. The molecule has 186 valence electrons. The van der Waals surface area contributed by atoms with E-state index in [1.165, 1.54) is 24.3 Å². The minimum absolute atomic E-state index is 0.0221. The Morgan fingerprint density at radius 3 is 2.21 bits per heavy atom. The van der Waals surface area contributed by atoms with Crippen LogP contribution in [0.3, 0.4) is 0 Å². The lowest BCUT2D eigenvalue weighted by Crippen LogP contribution is -2.58. The van der Waals surface area contributed by atoms with Gasteiger partial charge in [0.25, 0.3) is 0 Å². The normalized spacial score (nSPS) is 14.7. The van der Waals surface area contributed by atoms with Gasteiger partial charge in [-0.25, -0.2) is 9.78 Å². The van der Waals surface area contributed by atoms with Crippen LogP contribution in [0.5, 0.6) is 0 Å². The standard InChI is InChI=1S/C20H34N6O6S/c1-11(2)6-16(20(31)32)26-19(30)15(7-12-8-22-10-23-12)25-18(29)14(4-5-33-3)24-17(28)13(21)9-27/h8,10-11,13-16,27H,4-7,9,21H2,1-3H3,(H,22,23)(H,24,28)(H,25,29)(H,26,30)(H,31,32). The van der Waals surface area contributed by atoms with Crippen molar-refractivity contribution in [3.05, 3.63) is 18.2 Å². The molecule has 13 heteroatoms. The van der Waals surface area contributed by atoms with Crippen molar-refractivity contribution in [2.75, 3.05) is 18.6 Å². The summed E-state index contributed by atoms with van der Waals surface area (Å²) in [6, 6.07) is -4.42. The zero-order valence-corrected chi connectivity index (χ0v) is 19.9. The van der Waals surface area contributed by atoms with Crippen molar-refractivity contribution in [2.45, 2.75) is 57.3 Å². The zero-order valence-electron chi connectivity index (χ0n) is 19.0. The first-order valence-corrected chi connectivity index (χ1v) is 11.9. The Labute approximate surface area is 196 Å². The number of imidazole rings is 1. The van der Waals surface area contributed by atoms with E-state index in [9.17, 15) is 24.3 Å². The molecule has 0 aliphatic rings. The molecule has 0 bridgehead atoms. The molecule has 12 nitrogen and oxygen atoms in total. The number of rotatable bonds is 15. The molecule has 0 spiro atoms. The monoisotopic (exact) mass is 486 g/mol. The fourth-order valence-electron chi connectivity index (χ4n) is 2.93. The molecule has 33 heavy (non-hydrogen) atoms. The van der Waals surface area contributed by atoms with Crippen molar-refractivity contribution >= 4 is 35.5 Å². The van der Waals surface area contributed by atoms with Crippen molar-refractivity contribution in [1.82, 2.24) is 25.9 Å². The second kappa shape index (κ2) is 14.5. The molecule has 1 rings (SSSR count). The molecule has 0 radical (unpaired) electrons. The summed E-state index contributed by atoms with van der Waals surface area (Å²) in [5.74, 6) is -2.61. The molecule has 4 atom stereocenters. The van der Waals surface area contributed by atoms with Crippen LogP contribution < -0.4 is 21.7 Å². The third-order valence-electron chi connectivity index (χ3n) is 4.71. The highest BCUT2D eigenvalue weighted by molar-refractivity contribution is 7.98. The molecule has 3 amide bonds. The van der Waals surface area contributed by atoms with Gasteiger partial charge in [-0.1, -0.05) is 13.8 Å². The number of carboxylic acids is 1. The quantitative estimate of drug-likeness (QED) is 0.156. The van der Waals surface area contributed by atoms with Crippen molar-refractivity contribution in [3.8, 4) is 0 Å². The number of hydrogen-bond donors (Lipinski definition) is 7. The number of thioether (sulfide) groups is 1. The summed E-state index contributed by atoms with van der Waals surface area (Å²) < 4.78 is 0. The van der Waals surface area contributed by atoms with Gasteiger partial charge in [0.2, 0.25) is 17.7 Å². The van der Waals surface area contributed by atoms with Crippen molar-refractivity contribution in [3.63, 3.8) is 0 Å². The number of aliphatic hydroxyl groups excluding tert-OH is 1. The van der Waals surface area contributed by atoms with Crippen LogP contribution in [0.25, 0.3) is 0 Å². The van der Waals surface area contributed by atoms with Gasteiger partial charge in [0, 0.05) is 18.3 Å². The van der Waals surface area contributed by atoms with Crippen molar-refractivity contribution < 1.29 is 29.4 Å². The number of aliphatic carboxylic acids is 1. The number of aromatic amines is 1. The lowest BCUT2D eigenvalue weighted by atomic mass is 10.0. The molecule has 0 aliphatic heterocycles. The van der Waals surface area contributed by atoms with Crippen molar-refractivity contribution in [2.24, 2.45) is 11.7 Å². The largest absolute Gasteiger partial charge is 0.480 e. The van der Waals surface area contributed by atoms with Gasteiger partial charge in [0.1, 0.15) is 24.2 Å². The van der Waals surface area contributed by atoms with Gasteiger partial charge in [0.15, 0.2) is 0 Å². The molecule has 1 aromatic heterocycles. The first-order valence-electron chi connectivity index (χ1n) is 10.6. The van der Waals surface area contributed by atoms with E-state index >= 15 is 0 Å². The number of aliphatic hydroxyl groups is 1. The second-order valence-electron chi connectivity index (χ2n) is 8.00. The topological polar surface area (TPSA) is 200 Å². The van der Waals surface area contributed by atoms with E-state index in [0.717, 1.165) is 0 Å². The Kier molecular flexibility index (Phi) is 12.5. The number of carbonyl (C=O) groups is 4. The van der Waals surface area contributed by atoms with E-state index in [1.54, 1.807) is 0 Å². The average Bonchev–Trinajstić information content (AvgIpc) is 3.27. The molecule has 0 aliphatic carbocycles. The predicted octanol–water partition coefficient (Wildman–Crippen LogP) is -1.39. The summed E-state index contributed by atoms with van der Waals surface area (Å²) in [6.07, 6.45) is 5.26. The number of carboxylic acid groups (broad SMARTS) is 1. The molecule has 1 heterocycles. The van der Waals surface area contributed by atoms with Crippen LogP contribution in [-0.2, 0) is 25.6 Å². The fraction of sp³-hybridized carbons (Fsp3) is 0.650. The van der Waals surface area contributed by atoms with Gasteiger partial charge in [-0.2, -0.15) is 11.8 Å². The van der Waals surface area contributed by atoms with Crippen LogP contribution in [0.2, 0.25) is 0 Å². The number of H-pyrrole nitrogens is 1. The van der Waals surface area contributed by atoms with E-state index in [-0.39, 0.29) is 25.2 Å². The highest BCUT2D eigenvalue weighted by Gasteiger charge is 2.30. The molecule has 4 unspecified atom stereocenters. The minimum atomic E-state index is -1.19. The lowest BCUT2D eigenvalue weighted by molar-refractivity contribution is -0.142. The molecule has 0 aromatic carbocycles. The van der Waals surface area contributed by atoms with E-state index < -0.39 is 54.5 Å². The second-order valence-corrected chi connectivity index (χ2v) is 8.99. The first kappa shape index (κ1) is 28.4. The van der Waals surface area contributed by atoms with E-state index in [0.29, 0.717) is 11.4 Å². The van der Waals surface area contributed by atoms with E-state index in [1.807, 2.05) is 20.1 Å². The molecular formula is C20H34N6O6S. The Morgan fingerprint density at radius 2 is 1.70 bits per heavy atom. The number of nitrogens with two attached hydrogens (primary N) is 1. The van der Waals surface area contributed by atoms with Gasteiger partial charge >= 0.3 is 5.97 Å². The number of hydrogen-bond acceptors (Lipinski definition) is 8. The number of aromatic nitrogens is 2. The van der Waals surface area contributed by atoms with Crippen LogP contribution >= 0.6 is 11.8 Å². The Bertz CT molecular complexity index is 775. The third kappa shape index (κ3) is 10.2. The number of nitrogens with zero attached hydrogens (tertiary/aromatic N) is 1. The average molecular weight is 487 g/mol. The Balaban J connectivity index is 3.03. The van der Waals surface area contributed by atoms with Gasteiger partial charge in [-0.3, -0.25) is 14.4 Å². The maximum Gasteiger partial charge on any atom is 0.326 e.